The van der Waals surface area contributed by atoms with Gasteiger partial charge in [0.1, 0.15) is 5.75 Å². The first-order chi connectivity index (χ1) is 11.0. The Morgan fingerprint density at radius 1 is 1.26 bits per heavy atom. The third-order valence-electron chi connectivity index (χ3n) is 2.99. The summed E-state index contributed by atoms with van der Waals surface area (Å²) in [6.45, 7) is 0. The monoisotopic (exact) mass is 378 g/mol. The third kappa shape index (κ3) is 4.23. The van der Waals surface area contributed by atoms with Crippen LogP contribution in [0.5, 0.6) is 17.2 Å². The molecule has 0 heterocycles. The molecule has 2 aromatic carbocycles. The molecule has 0 aliphatic rings. The number of rotatable bonds is 5. The summed E-state index contributed by atoms with van der Waals surface area (Å²) in [7, 11) is 2.98. The third-order valence-corrected chi connectivity index (χ3v) is 3.45. The van der Waals surface area contributed by atoms with Crippen LogP contribution in [0.1, 0.15) is 15.9 Å². The first-order valence-corrected chi connectivity index (χ1v) is 7.38. The molecule has 23 heavy (non-hydrogen) atoms. The van der Waals surface area contributed by atoms with Gasteiger partial charge in [0, 0.05) is 15.6 Å². The molecule has 2 rings (SSSR count). The number of methoxy groups -OCH3 is 2. The molecular weight excluding hydrogens is 364 g/mol. The zero-order chi connectivity index (χ0) is 16.8. The number of hydrogen-bond donors (Lipinski definition) is 2. The molecule has 0 atom stereocenters. The quantitative estimate of drug-likeness (QED) is 0.619. The molecule has 0 unspecified atom stereocenters. The molecule has 2 aromatic rings. The Morgan fingerprint density at radius 3 is 2.74 bits per heavy atom. The minimum Gasteiger partial charge on any atom is -0.504 e. The summed E-state index contributed by atoms with van der Waals surface area (Å²) in [5.74, 6) is 0.438. The fourth-order valence-corrected chi connectivity index (χ4v) is 2.29. The van der Waals surface area contributed by atoms with Crippen molar-refractivity contribution in [3.8, 4) is 17.2 Å². The number of carbonyl (C=O) groups excluding carboxylic acids is 1. The molecule has 0 fully saturated rings. The number of nitrogens with zero attached hydrogens (tertiary/aromatic N) is 1. The average Bonchev–Trinajstić information content (AvgIpc) is 2.57. The summed E-state index contributed by atoms with van der Waals surface area (Å²) in [5.41, 5.74) is 3.21. The topological polar surface area (TPSA) is 80.2 Å². The molecular formula is C16H15BrN2O4. The number of aromatic hydroxyl groups is 1. The fourth-order valence-electron chi connectivity index (χ4n) is 1.84. The lowest BCUT2D eigenvalue weighted by atomic mass is 10.2. The second-order valence-corrected chi connectivity index (χ2v) is 5.39. The van der Waals surface area contributed by atoms with Crippen LogP contribution < -0.4 is 14.9 Å². The van der Waals surface area contributed by atoms with E-state index in [1.165, 1.54) is 20.4 Å². The molecule has 0 saturated carbocycles. The molecule has 1 amide bonds. The number of hydrogen-bond acceptors (Lipinski definition) is 5. The molecule has 7 heteroatoms. The predicted octanol–water partition coefficient (Wildman–Crippen LogP) is 2.94. The Morgan fingerprint density at radius 2 is 2.04 bits per heavy atom. The molecule has 2 N–H and O–H groups in total. The zero-order valence-corrected chi connectivity index (χ0v) is 14.1. The molecule has 0 aliphatic heterocycles. The summed E-state index contributed by atoms with van der Waals surface area (Å²) in [6.07, 6.45) is 1.33. The molecule has 6 nitrogen and oxygen atoms in total. The second kappa shape index (κ2) is 7.64. The van der Waals surface area contributed by atoms with Crippen LogP contribution in [0.15, 0.2) is 46.0 Å². The largest absolute Gasteiger partial charge is 0.504 e. The Hall–Kier alpha value is -2.54. The summed E-state index contributed by atoms with van der Waals surface area (Å²) < 4.78 is 10.8. The van der Waals surface area contributed by atoms with Gasteiger partial charge in [-0.2, -0.15) is 5.10 Å². The van der Waals surface area contributed by atoms with Gasteiger partial charge in [-0.05, 0) is 30.3 Å². The number of phenolic OH excluding ortho intramolecular Hbond substituents is 1. The van der Waals surface area contributed by atoms with Crippen molar-refractivity contribution in [1.82, 2.24) is 5.43 Å². The smallest absolute Gasteiger partial charge is 0.271 e. The highest BCUT2D eigenvalue weighted by Crippen LogP contribution is 2.32. The molecule has 0 saturated heterocycles. The van der Waals surface area contributed by atoms with E-state index in [-0.39, 0.29) is 11.7 Å². The molecule has 0 aliphatic carbocycles. The normalized spacial score (nSPS) is 10.6. The number of benzene rings is 2. The van der Waals surface area contributed by atoms with Gasteiger partial charge in [-0.1, -0.05) is 22.0 Å². The maximum Gasteiger partial charge on any atom is 0.271 e. The molecule has 120 valence electrons. The van der Waals surface area contributed by atoms with Crippen LogP contribution >= 0.6 is 15.9 Å². The predicted molar refractivity (Wildman–Crippen MR) is 90.4 cm³/mol. The summed E-state index contributed by atoms with van der Waals surface area (Å²) >= 11 is 3.31. The highest BCUT2D eigenvalue weighted by atomic mass is 79.9. The molecule has 0 bridgehead atoms. The van der Waals surface area contributed by atoms with Gasteiger partial charge in [-0.25, -0.2) is 5.43 Å². The number of ether oxygens (including phenoxy) is 2. The SMILES string of the molecule is COc1cccc(C(=O)N/N=C/c2cc(Br)cc(OC)c2O)c1. The molecule has 0 radical (unpaired) electrons. The summed E-state index contributed by atoms with van der Waals surface area (Å²) in [5, 5.41) is 13.8. The van der Waals surface area contributed by atoms with E-state index in [0.717, 1.165) is 0 Å². The van der Waals surface area contributed by atoms with Gasteiger partial charge >= 0.3 is 0 Å². The first kappa shape index (κ1) is 16.8. The van der Waals surface area contributed by atoms with Crippen LogP contribution in [0.4, 0.5) is 0 Å². The van der Waals surface area contributed by atoms with E-state index in [4.69, 9.17) is 9.47 Å². The van der Waals surface area contributed by atoms with Crippen LogP contribution in [0, 0.1) is 0 Å². The summed E-state index contributed by atoms with van der Waals surface area (Å²) in [4.78, 5) is 12.0. The van der Waals surface area contributed by atoms with Crippen molar-refractivity contribution < 1.29 is 19.4 Å². The van der Waals surface area contributed by atoms with E-state index >= 15 is 0 Å². The van der Waals surface area contributed by atoms with E-state index in [9.17, 15) is 9.90 Å². The van der Waals surface area contributed by atoms with Crippen molar-refractivity contribution in [1.29, 1.82) is 0 Å². The number of hydrazone groups is 1. The number of nitrogens with one attached hydrogen (secondary N) is 1. The van der Waals surface area contributed by atoms with Crippen LogP contribution in [0.25, 0.3) is 0 Å². The Bertz CT molecular complexity index is 747. The fraction of sp³-hybridized carbons (Fsp3) is 0.125. The van der Waals surface area contributed by atoms with Crippen molar-refractivity contribution in [3.05, 3.63) is 52.0 Å². The highest BCUT2D eigenvalue weighted by Gasteiger charge is 2.09. The Labute approximate surface area is 141 Å². The lowest BCUT2D eigenvalue weighted by Gasteiger charge is -2.07. The Balaban J connectivity index is 2.12. The lowest BCUT2D eigenvalue weighted by molar-refractivity contribution is 0.0954. The van der Waals surface area contributed by atoms with E-state index in [1.807, 2.05) is 0 Å². The van der Waals surface area contributed by atoms with Crippen LogP contribution in [-0.2, 0) is 0 Å². The van der Waals surface area contributed by atoms with Gasteiger partial charge < -0.3 is 14.6 Å². The van der Waals surface area contributed by atoms with E-state index < -0.39 is 0 Å². The van der Waals surface area contributed by atoms with E-state index in [1.54, 1.807) is 36.4 Å². The standard InChI is InChI=1S/C16H15BrN2O4/c1-22-13-5-3-4-10(7-13)16(21)19-18-9-11-6-12(17)8-14(23-2)15(11)20/h3-9,20H,1-2H3,(H,19,21)/b18-9+. The number of phenols is 1. The van der Waals surface area contributed by atoms with Crippen LogP contribution in [0.3, 0.4) is 0 Å². The van der Waals surface area contributed by atoms with Gasteiger partial charge in [-0.15, -0.1) is 0 Å². The van der Waals surface area contributed by atoms with Gasteiger partial charge in [0.05, 0.1) is 20.4 Å². The van der Waals surface area contributed by atoms with Crippen molar-refractivity contribution in [3.63, 3.8) is 0 Å². The van der Waals surface area contributed by atoms with Gasteiger partial charge in [0.2, 0.25) is 0 Å². The Kier molecular flexibility index (Phi) is 5.59. The van der Waals surface area contributed by atoms with Crippen LogP contribution in [-0.4, -0.2) is 31.4 Å². The highest BCUT2D eigenvalue weighted by molar-refractivity contribution is 9.10. The van der Waals surface area contributed by atoms with Crippen molar-refractivity contribution >= 4 is 28.1 Å². The van der Waals surface area contributed by atoms with E-state index in [2.05, 4.69) is 26.5 Å². The number of halogens is 1. The number of amides is 1. The second-order valence-electron chi connectivity index (χ2n) is 4.48. The van der Waals surface area contributed by atoms with Gasteiger partial charge in [-0.3, -0.25) is 4.79 Å². The van der Waals surface area contributed by atoms with Crippen molar-refractivity contribution in [2.45, 2.75) is 0 Å². The minimum absolute atomic E-state index is 0.0601. The average molecular weight is 379 g/mol. The zero-order valence-electron chi connectivity index (χ0n) is 12.5. The maximum atomic E-state index is 12.0. The van der Waals surface area contributed by atoms with E-state index in [0.29, 0.717) is 27.1 Å². The first-order valence-electron chi connectivity index (χ1n) is 6.59. The summed E-state index contributed by atoms with van der Waals surface area (Å²) in [6, 6.07) is 9.98. The van der Waals surface area contributed by atoms with Crippen molar-refractivity contribution in [2.24, 2.45) is 5.10 Å². The number of carbonyl (C=O) groups is 1. The van der Waals surface area contributed by atoms with Crippen molar-refractivity contribution in [2.75, 3.05) is 14.2 Å². The molecule has 0 spiro atoms. The lowest BCUT2D eigenvalue weighted by Crippen LogP contribution is -2.17. The maximum absolute atomic E-state index is 12.0. The van der Waals surface area contributed by atoms with Crippen LogP contribution in [0.2, 0.25) is 0 Å². The van der Waals surface area contributed by atoms with Gasteiger partial charge in [0.25, 0.3) is 5.91 Å². The molecule has 0 aromatic heterocycles. The van der Waals surface area contributed by atoms with Gasteiger partial charge in [0.15, 0.2) is 11.5 Å². The minimum atomic E-state index is -0.387.